The Kier molecular flexibility index (Phi) is 2.06. The third-order valence-corrected chi connectivity index (χ3v) is 4.00. The average molecular weight is 206 g/mol. The minimum Gasteiger partial charge on any atom is -0.300 e. The van der Waals surface area contributed by atoms with Crippen molar-refractivity contribution in [2.24, 2.45) is 17.8 Å². The van der Waals surface area contributed by atoms with E-state index in [4.69, 9.17) is 0 Å². The standard InChI is InChI=1S/C11H18N4/c1-8(2)14-5-9-10(6-14)11(9)7-15-4-3-12-13-15/h3-4,8-11H,5-7H2,1-2H3/t9-,10+,11-. The van der Waals surface area contributed by atoms with Crippen molar-refractivity contribution in [3.8, 4) is 0 Å². The van der Waals surface area contributed by atoms with Crippen LogP contribution in [0.25, 0.3) is 0 Å². The predicted molar refractivity (Wildman–Crippen MR) is 57.2 cm³/mol. The van der Waals surface area contributed by atoms with E-state index in [0.29, 0.717) is 6.04 Å². The van der Waals surface area contributed by atoms with Crippen LogP contribution in [0.1, 0.15) is 13.8 Å². The molecule has 4 nitrogen and oxygen atoms in total. The summed E-state index contributed by atoms with van der Waals surface area (Å²) in [4.78, 5) is 2.59. The van der Waals surface area contributed by atoms with Gasteiger partial charge in [0.2, 0.25) is 0 Å². The molecule has 1 saturated carbocycles. The normalized spacial score (nSPS) is 34.7. The van der Waals surface area contributed by atoms with Crippen LogP contribution in [0.2, 0.25) is 0 Å². The van der Waals surface area contributed by atoms with Gasteiger partial charge in [0.05, 0.1) is 6.20 Å². The molecule has 1 saturated heterocycles. The van der Waals surface area contributed by atoms with Crippen LogP contribution in [0.4, 0.5) is 0 Å². The Morgan fingerprint density at radius 3 is 2.60 bits per heavy atom. The first kappa shape index (κ1) is 9.33. The summed E-state index contributed by atoms with van der Waals surface area (Å²) in [7, 11) is 0. The Morgan fingerprint density at radius 2 is 2.07 bits per heavy atom. The molecule has 2 heterocycles. The van der Waals surface area contributed by atoms with Crippen LogP contribution in [-0.2, 0) is 6.54 Å². The molecule has 0 amide bonds. The first-order valence-corrected chi connectivity index (χ1v) is 5.84. The number of hydrogen-bond donors (Lipinski definition) is 0. The van der Waals surface area contributed by atoms with Gasteiger partial charge in [0, 0.05) is 31.9 Å². The Morgan fingerprint density at radius 1 is 1.33 bits per heavy atom. The third kappa shape index (κ3) is 1.57. The average Bonchev–Trinajstić information content (AvgIpc) is 2.62. The molecule has 1 aromatic heterocycles. The molecule has 0 radical (unpaired) electrons. The highest BCUT2D eigenvalue weighted by Gasteiger charge is 2.55. The monoisotopic (exact) mass is 206 g/mol. The largest absolute Gasteiger partial charge is 0.300 e. The molecule has 1 aliphatic heterocycles. The van der Waals surface area contributed by atoms with Gasteiger partial charge in [-0.05, 0) is 31.6 Å². The molecule has 15 heavy (non-hydrogen) atoms. The van der Waals surface area contributed by atoms with Crippen molar-refractivity contribution in [1.29, 1.82) is 0 Å². The van der Waals surface area contributed by atoms with E-state index in [1.165, 1.54) is 13.1 Å². The molecule has 82 valence electrons. The van der Waals surface area contributed by atoms with Gasteiger partial charge in [0.25, 0.3) is 0 Å². The summed E-state index contributed by atoms with van der Waals surface area (Å²) in [6.07, 6.45) is 3.73. The van der Waals surface area contributed by atoms with Crippen molar-refractivity contribution >= 4 is 0 Å². The lowest BCUT2D eigenvalue weighted by Gasteiger charge is -2.23. The number of piperidine rings is 1. The Balaban J connectivity index is 1.55. The molecule has 0 aromatic carbocycles. The zero-order valence-electron chi connectivity index (χ0n) is 9.37. The van der Waals surface area contributed by atoms with Crippen molar-refractivity contribution < 1.29 is 0 Å². The fourth-order valence-electron chi connectivity index (χ4n) is 2.92. The molecule has 0 N–H and O–H groups in total. The van der Waals surface area contributed by atoms with Gasteiger partial charge in [-0.3, -0.25) is 4.68 Å². The van der Waals surface area contributed by atoms with Gasteiger partial charge >= 0.3 is 0 Å². The molecule has 0 bridgehead atoms. The number of fused-ring (bicyclic) bond motifs is 1. The predicted octanol–water partition coefficient (Wildman–Crippen LogP) is 0.864. The summed E-state index contributed by atoms with van der Waals surface area (Å²) in [6.45, 7) is 8.24. The van der Waals surface area contributed by atoms with Crippen LogP contribution in [-0.4, -0.2) is 39.0 Å². The smallest absolute Gasteiger partial charge is 0.0692 e. The number of nitrogens with zero attached hydrogens (tertiary/aromatic N) is 4. The molecule has 3 rings (SSSR count). The topological polar surface area (TPSA) is 34.0 Å². The van der Waals surface area contributed by atoms with Crippen molar-refractivity contribution in [2.45, 2.75) is 26.4 Å². The van der Waals surface area contributed by atoms with Crippen LogP contribution < -0.4 is 0 Å². The van der Waals surface area contributed by atoms with Crippen molar-refractivity contribution in [3.63, 3.8) is 0 Å². The maximum Gasteiger partial charge on any atom is 0.0692 e. The molecular formula is C11H18N4. The fourth-order valence-corrected chi connectivity index (χ4v) is 2.92. The second kappa shape index (κ2) is 3.30. The lowest BCUT2D eigenvalue weighted by molar-refractivity contribution is 0.228. The van der Waals surface area contributed by atoms with E-state index < -0.39 is 0 Å². The van der Waals surface area contributed by atoms with E-state index in [-0.39, 0.29) is 0 Å². The van der Waals surface area contributed by atoms with E-state index in [9.17, 15) is 0 Å². The molecule has 3 atom stereocenters. The maximum atomic E-state index is 4.03. The molecule has 1 aliphatic carbocycles. The van der Waals surface area contributed by atoms with Gasteiger partial charge in [-0.2, -0.15) is 0 Å². The first-order valence-electron chi connectivity index (χ1n) is 5.84. The van der Waals surface area contributed by atoms with Gasteiger partial charge in [-0.1, -0.05) is 5.21 Å². The lowest BCUT2D eigenvalue weighted by Crippen LogP contribution is -2.31. The summed E-state index contributed by atoms with van der Waals surface area (Å²) in [6, 6.07) is 0.713. The van der Waals surface area contributed by atoms with E-state index in [1.54, 1.807) is 6.20 Å². The second-order valence-electron chi connectivity index (χ2n) is 5.16. The van der Waals surface area contributed by atoms with Gasteiger partial charge in [0.15, 0.2) is 0 Å². The number of rotatable bonds is 3. The van der Waals surface area contributed by atoms with Crippen molar-refractivity contribution in [3.05, 3.63) is 12.4 Å². The molecule has 2 fully saturated rings. The second-order valence-corrected chi connectivity index (χ2v) is 5.16. The summed E-state index contributed by atoms with van der Waals surface area (Å²) in [5.41, 5.74) is 0. The molecule has 0 spiro atoms. The lowest BCUT2D eigenvalue weighted by atomic mass is 10.2. The molecule has 2 aliphatic rings. The van der Waals surface area contributed by atoms with Gasteiger partial charge < -0.3 is 4.90 Å². The van der Waals surface area contributed by atoms with Crippen molar-refractivity contribution in [2.75, 3.05) is 13.1 Å². The van der Waals surface area contributed by atoms with Crippen LogP contribution in [0.5, 0.6) is 0 Å². The van der Waals surface area contributed by atoms with Gasteiger partial charge in [-0.25, -0.2) is 0 Å². The Hall–Kier alpha value is -0.900. The minimum absolute atomic E-state index is 0.713. The van der Waals surface area contributed by atoms with Gasteiger partial charge in [-0.15, -0.1) is 5.10 Å². The SMILES string of the molecule is CC(C)N1C[C@@H]2[C@H](C1)[C@@H]2Cn1ccnn1. The van der Waals surface area contributed by atoms with Crippen LogP contribution in [0.3, 0.4) is 0 Å². The molecular weight excluding hydrogens is 188 g/mol. The third-order valence-electron chi connectivity index (χ3n) is 4.00. The Labute approximate surface area is 90.3 Å². The highest BCUT2D eigenvalue weighted by molar-refractivity contribution is 5.05. The van der Waals surface area contributed by atoms with E-state index in [0.717, 1.165) is 24.3 Å². The summed E-state index contributed by atoms with van der Waals surface area (Å²) in [5, 5.41) is 7.87. The first-order chi connectivity index (χ1) is 7.25. The molecule has 4 heteroatoms. The van der Waals surface area contributed by atoms with E-state index in [1.807, 2.05) is 10.9 Å². The number of aromatic nitrogens is 3. The summed E-state index contributed by atoms with van der Waals surface area (Å²) < 4.78 is 1.97. The zero-order valence-corrected chi connectivity index (χ0v) is 9.37. The molecule has 1 aromatic rings. The highest BCUT2D eigenvalue weighted by Crippen LogP contribution is 2.52. The minimum atomic E-state index is 0.713. The summed E-state index contributed by atoms with van der Waals surface area (Å²) >= 11 is 0. The van der Waals surface area contributed by atoms with E-state index >= 15 is 0 Å². The zero-order chi connectivity index (χ0) is 10.4. The quantitative estimate of drug-likeness (QED) is 0.735. The maximum absolute atomic E-state index is 4.03. The fraction of sp³-hybridized carbons (Fsp3) is 0.818. The van der Waals surface area contributed by atoms with Gasteiger partial charge in [0.1, 0.15) is 0 Å². The molecule has 0 unspecified atom stereocenters. The van der Waals surface area contributed by atoms with Crippen LogP contribution >= 0.6 is 0 Å². The highest BCUT2D eigenvalue weighted by atomic mass is 15.4. The summed E-state index contributed by atoms with van der Waals surface area (Å²) in [5.74, 6) is 2.72. The Bertz CT molecular complexity index is 320. The van der Waals surface area contributed by atoms with Crippen molar-refractivity contribution in [1.82, 2.24) is 19.9 Å². The van der Waals surface area contributed by atoms with E-state index in [2.05, 4.69) is 29.1 Å². The van der Waals surface area contributed by atoms with Crippen LogP contribution in [0, 0.1) is 17.8 Å². The number of likely N-dealkylation sites (tertiary alicyclic amines) is 1. The number of hydrogen-bond acceptors (Lipinski definition) is 3. The van der Waals surface area contributed by atoms with Crippen LogP contribution in [0.15, 0.2) is 12.4 Å².